The molecule has 188 valence electrons. The number of hydrogen-bond donors (Lipinski definition) is 0. The summed E-state index contributed by atoms with van der Waals surface area (Å²) in [6.45, 7) is 3.99. The minimum absolute atomic E-state index is 0.109. The maximum Gasteiger partial charge on any atom is 0.243 e. The molecule has 0 bridgehead atoms. The van der Waals surface area contributed by atoms with Gasteiger partial charge in [-0.3, -0.25) is 0 Å². The molecule has 1 aromatic heterocycles. The van der Waals surface area contributed by atoms with E-state index in [0.717, 1.165) is 36.6 Å². The third kappa shape index (κ3) is 4.31. The Balaban J connectivity index is 1.37. The molecule has 2 saturated heterocycles. The fourth-order valence-electron chi connectivity index (χ4n) is 6.02. The summed E-state index contributed by atoms with van der Waals surface area (Å²) in [4.78, 5) is 2.88. The molecule has 2 atom stereocenters. The summed E-state index contributed by atoms with van der Waals surface area (Å²) >= 11 is 0. The summed E-state index contributed by atoms with van der Waals surface area (Å²) in [6, 6.07) is 15.2. The predicted molar refractivity (Wildman–Crippen MR) is 138 cm³/mol. The summed E-state index contributed by atoms with van der Waals surface area (Å²) in [5, 5.41) is 4.71. The lowest BCUT2D eigenvalue weighted by atomic mass is 9.74. The van der Waals surface area contributed by atoms with Crippen LogP contribution in [0.4, 0.5) is 4.39 Å². The van der Waals surface area contributed by atoms with E-state index in [4.69, 9.17) is 5.10 Å². The quantitative estimate of drug-likeness (QED) is 0.504. The second-order valence-corrected chi connectivity index (χ2v) is 12.0. The minimum Gasteiger partial charge on any atom is -0.303 e. The topological polar surface area (TPSA) is 58.4 Å². The number of fused-ring (bicyclic) bond motifs is 2. The molecule has 2 fully saturated rings. The second-order valence-electron chi connectivity index (χ2n) is 10.1. The van der Waals surface area contributed by atoms with Gasteiger partial charge in [0, 0.05) is 37.0 Å². The maximum absolute atomic E-state index is 13.6. The lowest BCUT2D eigenvalue weighted by Crippen LogP contribution is -2.46. The van der Waals surface area contributed by atoms with Crippen molar-refractivity contribution in [2.24, 2.45) is 5.92 Å². The first-order chi connectivity index (χ1) is 17.5. The van der Waals surface area contributed by atoms with Crippen LogP contribution < -0.4 is 0 Å². The standard InChI is InChI=1S/C28H31FN4O2S/c29-22-9-11-23(12-10-22)33-28-17-21-13-16-32(36(34,35)24-7-3-1-4-8-24)20-26(21)27(25(28)18-30-33)19-31-14-5-2-6-15-31/h1,3-4,7-12,17-18,26-27H,2,5-6,13-16,19-20H2/t26?,27-/m1/s1. The normalized spacial score (nSPS) is 23.1. The van der Waals surface area contributed by atoms with Gasteiger partial charge in [-0.15, -0.1) is 0 Å². The van der Waals surface area contributed by atoms with E-state index >= 15 is 0 Å². The van der Waals surface area contributed by atoms with Gasteiger partial charge in [0.2, 0.25) is 10.0 Å². The summed E-state index contributed by atoms with van der Waals surface area (Å²) in [6.07, 6.45) is 8.52. The number of aromatic nitrogens is 2. The molecular weight excluding hydrogens is 475 g/mol. The largest absolute Gasteiger partial charge is 0.303 e. The highest BCUT2D eigenvalue weighted by molar-refractivity contribution is 7.89. The van der Waals surface area contributed by atoms with Crippen LogP contribution in [0.2, 0.25) is 0 Å². The van der Waals surface area contributed by atoms with Crippen molar-refractivity contribution in [2.75, 3.05) is 32.7 Å². The number of halogens is 1. The molecule has 2 aliphatic heterocycles. The fraction of sp³-hybridized carbons (Fsp3) is 0.393. The van der Waals surface area contributed by atoms with E-state index in [0.29, 0.717) is 24.4 Å². The highest BCUT2D eigenvalue weighted by Crippen LogP contribution is 2.44. The van der Waals surface area contributed by atoms with E-state index < -0.39 is 10.0 Å². The smallest absolute Gasteiger partial charge is 0.243 e. The molecule has 3 heterocycles. The second kappa shape index (κ2) is 9.57. The van der Waals surface area contributed by atoms with Crippen LogP contribution in [0, 0.1) is 11.7 Å². The first-order valence-corrected chi connectivity index (χ1v) is 14.3. The van der Waals surface area contributed by atoms with E-state index in [1.165, 1.54) is 37.0 Å². The number of nitrogens with zero attached hydrogens (tertiary/aromatic N) is 4. The zero-order valence-electron chi connectivity index (χ0n) is 20.3. The molecule has 0 N–H and O–H groups in total. The van der Waals surface area contributed by atoms with Crippen molar-refractivity contribution in [1.29, 1.82) is 0 Å². The van der Waals surface area contributed by atoms with Crippen LogP contribution >= 0.6 is 0 Å². The van der Waals surface area contributed by atoms with Gasteiger partial charge >= 0.3 is 0 Å². The molecule has 3 aliphatic rings. The highest BCUT2D eigenvalue weighted by Gasteiger charge is 2.41. The summed E-state index contributed by atoms with van der Waals surface area (Å²) < 4.78 is 44.1. The zero-order valence-corrected chi connectivity index (χ0v) is 21.1. The van der Waals surface area contributed by atoms with Crippen molar-refractivity contribution < 1.29 is 12.8 Å². The summed E-state index contributed by atoms with van der Waals surface area (Å²) in [7, 11) is -3.55. The predicted octanol–water partition coefficient (Wildman–Crippen LogP) is 4.69. The molecule has 0 saturated carbocycles. The van der Waals surface area contributed by atoms with Gasteiger partial charge in [-0.1, -0.05) is 30.2 Å². The van der Waals surface area contributed by atoms with E-state index in [9.17, 15) is 12.8 Å². The third-order valence-electron chi connectivity index (χ3n) is 7.93. The molecule has 8 heteroatoms. The van der Waals surface area contributed by atoms with Crippen molar-refractivity contribution >= 4 is 16.1 Å². The maximum atomic E-state index is 13.6. The third-order valence-corrected chi connectivity index (χ3v) is 9.81. The molecule has 0 spiro atoms. The van der Waals surface area contributed by atoms with Crippen molar-refractivity contribution in [3.8, 4) is 5.69 Å². The first-order valence-electron chi connectivity index (χ1n) is 12.8. The SMILES string of the molecule is O=S(=O)(c1ccccc1)N1CCC2=Cc3c(cnn3-c3ccc(F)cc3)[C@@H](CN3CCCCC3)C2C1. The average molecular weight is 507 g/mol. The highest BCUT2D eigenvalue weighted by atomic mass is 32.2. The van der Waals surface area contributed by atoms with Gasteiger partial charge in [-0.05, 0) is 74.8 Å². The average Bonchev–Trinajstić information content (AvgIpc) is 3.33. The van der Waals surface area contributed by atoms with E-state index in [-0.39, 0.29) is 17.7 Å². The minimum atomic E-state index is -3.55. The Morgan fingerprint density at radius 2 is 1.69 bits per heavy atom. The number of likely N-dealkylation sites (tertiary alicyclic amines) is 1. The number of rotatable bonds is 5. The molecule has 0 radical (unpaired) electrons. The van der Waals surface area contributed by atoms with Crippen LogP contribution in [-0.4, -0.2) is 60.1 Å². The summed E-state index contributed by atoms with van der Waals surface area (Å²) in [5.41, 5.74) is 4.30. The van der Waals surface area contributed by atoms with E-state index in [1.54, 1.807) is 40.7 Å². The Morgan fingerprint density at radius 1 is 0.944 bits per heavy atom. The Morgan fingerprint density at radius 3 is 2.44 bits per heavy atom. The van der Waals surface area contributed by atoms with Gasteiger partial charge in [0.15, 0.2) is 0 Å². The number of hydrogen-bond acceptors (Lipinski definition) is 4. The van der Waals surface area contributed by atoms with Gasteiger partial charge in [0.25, 0.3) is 0 Å². The van der Waals surface area contributed by atoms with Crippen molar-refractivity contribution in [3.05, 3.63) is 83.4 Å². The Hall–Kier alpha value is -2.81. The zero-order chi connectivity index (χ0) is 24.7. The van der Waals surface area contributed by atoms with Crippen LogP contribution in [0.5, 0.6) is 0 Å². The Labute approximate surface area is 212 Å². The molecule has 3 aromatic rings. The fourth-order valence-corrected chi connectivity index (χ4v) is 7.51. The number of benzene rings is 2. The molecule has 6 nitrogen and oxygen atoms in total. The molecule has 1 unspecified atom stereocenters. The molecule has 36 heavy (non-hydrogen) atoms. The lowest BCUT2D eigenvalue weighted by molar-refractivity contribution is 0.186. The van der Waals surface area contributed by atoms with Gasteiger partial charge in [-0.2, -0.15) is 9.40 Å². The molecule has 6 rings (SSSR count). The van der Waals surface area contributed by atoms with Crippen molar-refractivity contribution in [1.82, 2.24) is 19.0 Å². The molecule has 0 amide bonds. The van der Waals surface area contributed by atoms with Crippen molar-refractivity contribution in [3.63, 3.8) is 0 Å². The first kappa shape index (κ1) is 23.6. The number of piperidine rings is 2. The Kier molecular flexibility index (Phi) is 6.27. The van der Waals surface area contributed by atoms with Crippen LogP contribution in [0.1, 0.15) is 42.9 Å². The summed E-state index contributed by atoms with van der Waals surface area (Å²) in [5.74, 6) is -0.00762. The number of sulfonamides is 1. The monoisotopic (exact) mass is 506 g/mol. The van der Waals surface area contributed by atoms with Crippen molar-refractivity contribution in [2.45, 2.75) is 36.5 Å². The van der Waals surface area contributed by atoms with Gasteiger partial charge < -0.3 is 4.90 Å². The van der Waals surface area contributed by atoms with Gasteiger partial charge in [0.1, 0.15) is 5.82 Å². The van der Waals surface area contributed by atoms with E-state index in [2.05, 4.69) is 11.0 Å². The molecular formula is C28H31FN4O2S. The molecule has 1 aliphatic carbocycles. The molecule has 2 aromatic carbocycles. The van der Waals surface area contributed by atoms with Gasteiger partial charge in [0.05, 0.1) is 22.5 Å². The van der Waals surface area contributed by atoms with E-state index in [1.807, 2.05) is 16.9 Å². The van der Waals surface area contributed by atoms with Crippen LogP contribution in [0.25, 0.3) is 11.8 Å². The lowest BCUT2D eigenvalue weighted by Gasteiger charge is -2.42. The van der Waals surface area contributed by atoms with Crippen LogP contribution in [-0.2, 0) is 10.0 Å². The van der Waals surface area contributed by atoms with Gasteiger partial charge in [-0.25, -0.2) is 17.5 Å². The Bertz CT molecular complexity index is 1360. The van der Waals surface area contributed by atoms with Crippen LogP contribution in [0.3, 0.4) is 0 Å². The van der Waals surface area contributed by atoms with Crippen LogP contribution in [0.15, 0.2) is 71.3 Å².